The van der Waals surface area contributed by atoms with Crippen LogP contribution in [0.15, 0.2) is 52.4 Å². The van der Waals surface area contributed by atoms with E-state index in [0.717, 1.165) is 6.42 Å². The van der Waals surface area contributed by atoms with E-state index in [1.807, 2.05) is 0 Å². The van der Waals surface area contributed by atoms with Gasteiger partial charge in [-0.3, -0.25) is 14.5 Å². The molecule has 2 aromatic carbocycles. The number of sulfonamides is 1. The molecule has 154 valence electrons. The summed E-state index contributed by atoms with van der Waals surface area (Å²) < 4.78 is 38.0. The molecule has 0 saturated carbocycles. The molecular weight excluding hydrogens is 394 g/mol. The van der Waals surface area contributed by atoms with Gasteiger partial charge in [0.25, 0.3) is 10.0 Å². The van der Waals surface area contributed by atoms with Gasteiger partial charge in [0.05, 0.1) is 25.5 Å². The van der Waals surface area contributed by atoms with Gasteiger partial charge in [-0.1, -0.05) is 12.1 Å². The number of aliphatic imine (C=N–C) groups is 1. The molecule has 1 aliphatic heterocycles. The van der Waals surface area contributed by atoms with Crippen molar-refractivity contribution in [2.75, 3.05) is 26.1 Å². The second-order valence-corrected chi connectivity index (χ2v) is 8.15. The van der Waals surface area contributed by atoms with Gasteiger partial charge in [-0.15, -0.1) is 0 Å². The summed E-state index contributed by atoms with van der Waals surface area (Å²) in [5.74, 6) is 1.34. The highest BCUT2D eigenvalue weighted by Gasteiger charge is 2.19. The van der Waals surface area contributed by atoms with Crippen LogP contribution >= 0.6 is 0 Å². The van der Waals surface area contributed by atoms with Crippen molar-refractivity contribution >= 4 is 27.5 Å². The fraction of sp³-hybridized carbons (Fsp3) is 0.300. The maximum absolute atomic E-state index is 12.5. The van der Waals surface area contributed by atoms with Crippen LogP contribution in [0.4, 0.5) is 5.69 Å². The van der Waals surface area contributed by atoms with Crippen LogP contribution in [0.3, 0.4) is 0 Å². The average molecular weight is 417 g/mol. The topological polar surface area (TPSA) is 106 Å². The molecule has 0 saturated heterocycles. The van der Waals surface area contributed by atoms with E-state index in [1.54, 1.807) is 37.4 Å². The van der Waals surface area contributed by atoms with Crippen molar-refractivity contribution in [3.05, 3.63) is 48.0 Å². The molecule has 0 atom stereocenters. The number of amidine groups is 1. The predicted octanol–water partition coefficient (Wildman–Crippen LogP) is 2.36. The van der Waals surface area contributed by atoms with Gasteiger partial charge in [0, 0.05) is 30.3 Å². The highest BCUT2D eigenvalue weighted by molar-refractivity contribution is 7.90. The summed E-state index contributed by atoms with van der Waals surface area (Å²) in [6, 6.07) is 11.3. The van der Waals surface area contributed by atoms with Crippen LogP contribution in [0.1, 0.15) is 18.4 Å². The summed E-state index contributed by atoms with van der Waals surface area (Å²) in [5.41, 5.74) is 1.08. The Hall–Kier alpha value is -3.07. The minimum Gasteiger partial charge on any atom is -0.497 e. The lowest BCUT2D eigenvalue weighted by molar-refractivity contribution is -0.115. The molecular formula is C20H23N3O5S. The maximum atomic E-state index is 12.5. The lowest BCUT2D eigenvalue weighted by Crippen LogP contribution is -2.29. The van der Waals surface area contributed by atoms with E-state index in [4.69, 9.17) is 9.47 Å². The Morgan fingerprint density at radius 2 is 1.97 bits per heavy atom. The lowest BCUT2D eigenvalue weighted by Gasteiger charge is -2.12. The highest BCUT2D eigenvalue weighted by Crippen LogP contribution is 2.25. The number of rotatable bonds is 7. The van der Waals surface area contributed by atoms with Gasteiger partial charge < -0.3 is 14.8 Å². The smallest absolute Gasteiger partial charge is 0.262 e. The Bertz CT molecular complexity index is 1030. The number of nitrogens with zero attached hydrogens (tertiary/aromatic N) is 1. The number of benzene rings is 2. The van der Waals surface area contributed by atoms with Gasteiger partial charge in [0.2, 0.25) is 5.91 Å². The zero-order valence-corrected chi connectivity index (χ0v) is 17.1. The van der Waals surface area contributed by atoms with Crippen molar-refractivity contribution in [3.8, 4) is 11.5 Å². The van der Waals surface area contributed by atoms with Gasteiger partial charge in [0.1, 0.15) is 17.3 Å². The first-order valence-corrected chi connectivity index (χ1v) is 10.6. The third-order valence-corrected chi connectivity index (χ3v) is 5.78. The van der Waals surface area contributed by atoms with Crippen LogP contribution in [0.25, 0.3) is 0 Å². The van der Waals surface area contributed by atoms with Crippen LogP contribution in [0.2, 0.25) is 0 Å². The molecule has 1 heterocycles. The van der Waals surface area contributed by atoms with Gasteiger partial charge in [-0.25, -0.2) is 8.42 Å². The molecule has 0 aromatic heterocycles. The standard InChI is InChI=1S/C20H23N3O5S/c1-27-16-9-8-14(18(13-16)28-2)11-20(24)22-15-5-3-6-17(12-15)29(25,26)23-19-7-4-10-21-19/h3,5-6,8-9,12-13H,4,7,10-11H2,1-2H3,(H,21,23)(H,22,24). The number of hydrogen-bond acceptors (Lipinski definition) is 6. The zero-order chi connectivity index (χ0) is 20.9. The molecule has 29 heavy (non-hydrogen) atoms. The van der Waals surface area contributed by atoms with Crippen molar-refractivity contribution in [2.24, 2.45) is 4.99 Å². The number of carbonyl (C=O) groups is 1. The Kier molecular flexibility index (Phi) is 6.38. The van der Waals surface area contributed by atoms with Crippen LogP contribution in [-0.2, 0) is 21.2 Å². The van der Waals surface area contributed by atoms with Crippen molar-refractivity contribution in [2.45, 2.75) is 24.2 Å². The van der Waals surface area contributed by atoms with Crippen LogP contribution in [-0.4, -0.2) is 40.9 Å². The third kappa shape index (κ3) is 5.26. The van der Waals surface area contributed by atoms with Gasteiger partial charge >= 0.3 is 0 Å². The van der Waals surface area contributed by atoms with Crippen LogP contribution in [0.5, 0.6) is 11.5 Å². The number of ether oxygens (including phenoxy) is 2. The van der Waals surface area contributed by atoms with E-state index in [9.17, 15) is 13.2 Å². The normalized spacial score (nSPS) is 13.5. The Morgan fingerprint density at radius 1 is 1.14 bits per heavy atom. The molecule has 8 nitrogen and oxygen atoms in total. The lowest BCUT2D eigenvalue weighted by atomic mass is 10.1. The first-order chi connectivity index (χ1) is 13.9. The van der Waals surface area contributed by atoms with Crippen molar-refractivity contribution in [1.29, 1.82) is 0 Å². The van der Waals surface area contributed by atoms with Crippen molar-refractivity contribution in [3.63, 3.8) is 0 Å². The summed E-state index contributed by atoms with van der Waals surface area (Å²) in [6.07, 6.45) is 1.52. The summed E-state index contributed by atoms with van der Waals surface area (Å²) >= 11 is 0. The number of hydrogen-bond donors (Lipinski definition) is 2. The summed E-state index contributed by atoms with van der Waals surface area (Å²) in [7, 11) is -0.673. The molecule has 0 unspecified atom stereocenters. The Morgan fingerprint density at radius 3 is 2.66 bits per heavy atom. The van der Waals surface area contributed by atoms with E-state index in [2.05, 4.69) is 15.0 Å². The number of amides is 1. The SMILES string of the molecule is COc1ccc(CC(=O)Nc2cccc(S(=O)(=O)NC3=NCCC3)c2)c(OC)c1. The minimum atomic E-state index is -3.75. The fourth-order valence-corrected chi connectivity index (χ4v) is 4.09. The zero-order valence-electron chi connectivity index (χ0n) is 16.3. The monoisotopic (exact) mass is 417 g/mol. The molecule has 0 bridgehead atoms. The molecule has 2 aromatic rings. The fourth-order valence-electron chi connectivity index (χ4n) is 2.95. The van der Waals surface area contributed by atoms with E-state index in [0.29, 0.717) is 41.6 Å². The summed E-state index contributed by atoms with van der Waals surface area (Å²) in [4.78, 5) is 16.7. The maximum Gasteiger partial charge on any atom is 0.262 e. The first kappa shape index (κ1) is 20.7. The Labute approximate surface area is 170 Å². The summed E-state index contributed by atoms with van der Waals surface area (Å²) in [6.45, 7) is 0.628. The number of methoxy groups -OCH3 is 2. The number of carbonyl (C=O) groups excluding carboxylic acids is 1. The minimum absolute atomic E-state index is 0.0620. The van der Waals surface area contributed by atoms with Gasteiger partial charge in [-0.2, -0.15) is 0 Å². The van der Waals surface area contributed by atoms with Crippen molar-refractivity contribution in [1.82, 2.24) is 4.72 Å². The molecule has 2 N–H and O–H groups in total. The van der Waals surface area contributed by atoms with E-state index in [1.165, 1.54) is 19.2 Å². The predicted molar refractivity (Wildman–Crippen MR) is 110 cm³/mol. The van der Waals surface area contributed by atoms with Gasteiger partial charge in [0.15, 0.2) is 0 Å². The summed E-state index contributed by atoms with van der Waals surface area (Å²) in [5, 5.41) is 2.73. The Balaban J connectivity index is 1.71. The molecule has 0 fully saturated rings. The molecule has 3 rings (SSSR count). The third-order valence-electron chi connectivity index (χ3n) is 4.40. The van der Waals surface area contributed by atoms with Crippen LogP contribution in [0, 0.1) is 0 Å². The highest BCUT2D eigenvalue weighted by atomic mass is 32.2. The molecule has 9 heteroatoms. The second kappa shape index (κ2) is 8.95. The average Bonchev–Trinajstić information content (AvgIpc) is 3.20. The quantitative estimate of drug-likeness (QED) is 0.719. The van der Waals surface area contributed by atoms with E-state index < -0.39 is 10.0 Å². The molecule has 0 radical (unpaired) electrons. The van der Waals surface area contributed by atoms with Crippen molar-refractivity contribution < 1.29 is 22.7 Å². The molecule has 1 aliphatic rings. The number of anilines is 1. The molecule has 1 amide bonds. The van der Waals surface area contributed by atoms with E-state index in [-0.39, 0.29) is 17.2 Å². The van der Waals surface area contributed by atoms with Gasteiger partial charge in [-0.05, 0) is 30.7 Å². The van der Waals surface area contributed by atoms with E-state index >= 15 is 0 Å². The largest absolute Gasteiger partial charge is 0.497 e. The second-order valence-electron chi connectivity index (χ2n) is 6.47. The number of nitrogens with one attached hydrogen (secondary N) is 2. The van der Waals surface area contributed by atoms with Crippen LogP contribution < -0.4 is 19.5 Å². The molecule has 0 spiro atoms. The first-order valence-electron chi connectivity index (χ1n) is 9.08. The molecule has 0 aliphatic carbocycles.